The number of carbonyl (C=O) groups excluding carboxylic acids is 2. The maximum Gasteiger partial charge on any atom is 0.231 e. The molecule has 0 radical (unpaired) electrons. The summed E-state index contributed by atoms with van der Waals surface area (Å²) in [5, 5.41) is 2.57. The van der Waals surface area contributed by atoms with E-state index in [0.29, 0.717) is 11.6 Å². The van der Waals surface area contributed by atoms with E-state index in [1.165, 1.54) is 30.3 Å². The SMILES string of the molecule is Nc1cc(CC(=O)c2cc(NC(=O)[C@H]3[C@H](c4ccc(F)c(Cl)c4)C3(Cl)Cl)ccc2Cl)c(F)cc1F. The van der Waals surface area contributed by atoms with Crippen LogP contribution in [-0.2, 0) is 11.2 Å². The number of carbonyl (C=O) groups is 2. The lowest BCUT2D eigenvalue weighted by Gasteiger charge is -2.10. The van der Waals surface area contributed by atoms with Crippen LogP contribution in [0.15, 0.2) is 48.5 Å². The van der Waals surface area contributed by atoms with Gasteiger partial charge in [-0.2, -0.15) is 0 Å². The summed E-state index contributed by atoms with van der Waals surface area (Å²) >= 11 is 24.6. The van der Waals surface area contributed by atoms with Gasteiger partial charge >= 0.3 is 0 Å². The quantitative estimate of drug-likeness (QED) is 0.194. The number of alkyl halides is 2. The maximum atomic E-state index is 14.1. The van der Waals surface area contributed by atoms with Crippen molar-refractivity contribution >= 4 is 69.5 Å². The van der Waals surface area contributed by atoms with Crippen LogP contribution >= 0.6 is 46.4 Å². The molecule has 0 unspecified atom stereocenters. The smallest absolute Gasteiger partial charge is 0.231 e. The minimum Gasteiger partial charge on any atom is -0.396 e. The van der Waals surface area contributed by atoms with Gasteiger partial charge < -0.3 is 11.1 Å². The fourth-order valence-electron chi connectivity index (χ4n) is 3.83. The summed E-state index contributed by atoms with van der Waals surface area (Å²) in [7, 11) is 0. The van der Waals surface area contributed by atoms with E-state index < -0.39 is 51.7 Å². The number of nitrogens with two attached hydrogens (primary N) is 1. The molecule has 0 aromatic heterocycles. The average Bonchev–Trinajstić information content (AvgIpc) is 3.37. The van der Waals surface area contributed by atoms with Crippen LogP contribution in [0.2, 0.25) is 10.0 Å². The van der Waals surface area contributed by atoms with Crippen LogP contribution in [0.5, 0.6) is 0 Å². The molecule has 182 valence electrons. The van der Waals surface area contributed by atoms with Crippen molar-refractivity contribution in [1.82, 2.24) is 0 Å². The number of hydrogen-bond acceptors (Lipinski definition) is 3. The number of Topliss-reactive ketones (excluding diaryl/α,β-unsaturated/α-hetero) is 1. The standard InChI is InChI=1S/C24H15Cl4F3N2O2/c25-14-3-2-12(8-13(14)20(34)7-11-6-19(32)18(31)9-17(11)30)33-23(35)22-21(24(22,27)28)10-1-4-16(29)15(26)5-10/h1-6,8-9,21-22H,7,32H2,(H,33,35)/t21-,22+/m0/s1. The van der Waals surface area contributed by atoms with Crippen molar-refractivity contribution in [1.29, 1.82) is 0 Å². The zero-order valence-electron chi connectivity index (χ0n) is 17.5. The summed E-state index contributed by atoms with van der Waals surface area (Å²) in [6.07, 6.45) is -0.435. The van der Waals surface area contributed by atoms with Crippen LogP contribution < -0.4 is 11.1 Å². The summed E-state index contributed by atoms with van der Waals surface area (Å²) in [6.45, 7) is 0. The molecule has 1 fully saturated rings. The van der Waals surface area contributed by atoms with E-state index in [0.717, 1.165) is 12.1 Å². The Labute approximate surface area is 218 Å². The fraction of sp³-hybridized carbons (Fsp3) is 0.167. The Morgan fingerprint density at radius 2 is 1.63 bits per heavy atom. The molecule has 1 amide bonds. The van der Waals surface area contributed by atoms with Crippen LogP contribution in [0.4, 0.5) is 24.5 Å². The predicted octanol–water partition coefficient (Wildman–Crippen LogP) is 6.94. The molecule has 11 heteroatoms. The second-order valence-corrected chi connectivity index (χ2v) is 10.3. The molecule has 0 aliphatic heterocycles. The van der Waals surface area contributed by atoms with Gasteiger partial charge in [-0.3, -0.25) is 9.59 Å². The first-order chi connectivity index (χ1) is 16.4. The first-order valence-corrected chi connectivity index (χ1v) is 11.6. The van der Waals surface area contributed by atoms with Crippen LogP contribution in [0, 0.1) is 23.4 Å². The van der Waals surface area contributed by atoms with E-state index in [2.05, 4.69) is 5.32 Å². The van der Waals surface area contributed by atoms with Gasteiger partial charge in [-0.05, 0) is 47.5 Å². The van der Waals surface area contributed by atoms with Crippen molar-refractivity contribution in [3.8, 4) is 0 Å². The number of halogens is 7. The molecular formula is C24H15Cl4F3N2O2. The highest BCUT2D eigenvalue weighted by Crippen LogP contribution is 2.65. The molecule has 3 N–H and O–H groups in total. The fourth-order valence-corrected chi connectivity index (χ4v) is 5.07. The van der Waals surface area contributed by atoms with E-state index >= 15 is 0 Å². The first-order valence-electron chi connectivity index (χ1n) is 10.1. The second kappa shape index (κ2) is 9.54. The Morgan fingerprint density at radius 3 is 2.31 bits per heavy atom. The summed E-state index contributed by atoms with van der Waals surface area (Å²) in [6, 6.07) is 9.77. The molecule has 0 heterocycles. The van der Waals surface area contributed by atoms with Crippen LogP contribution in [0.25, 0.3) is 0 Å². The molecule has 4 nitrogen and oxygen atoms in total. The van der Waals surface area contributed by atoms with Gasteiger partial charge in [-0.25, -0.2) is 13.2 Å². The summed E-state index contributed by atoms with van der Waals surface area (Å²) < 4.78 is 39.5. The first kappa shape index (κ1) is 25.6. The number of hydrogen-bond donors (Lipinski definition) is 2. The molecule has 0 saturated heterocycles. The topological polar surface area (TPSA) is 72.2 Å². The number of nitrogen functional groups attached to an aromatic ring is 1. The van der Waals surface area contributed by atoms with Gasteiger partial charge in [-0.15, -0.1) is 23.2 Å². The van der Waals surface area contributed by atoms with Gasteiger partial charge in [-0.1, -0.05) is 29.3 Å². The molecule has 3 aromatic rings. The third-order valence-corrected chi connectivity index (χ3v) is 7.25. The molecule has 35 heavy (non-hydrogen) atoms. The van der Waals surface area contributed by atoms with E-state index in [9.17, 15) is 22.8 Å². The van der Waals surface area contributed by atoms with Crippen molar-refractivity contribution in [3.05, 3.63) is 92.7 Å². The van der Waals surface area contributed by atoms with Crippen molar-refractivity contribution in [2.75, 3.05) is 11.1 Å². The van der Waals surface area contributed by atoms with E-state index in [1.807, 2.05) is 0 Å². The third kappa shape index (κ3) is 5.09. The minimum atomic E-state index is -1.45. The Morgan fingerprint density at radius 1 is 0.914 bits per heavy atom. The zero-order valence-corrected chi connectivity index (χ0v) is 20.5. The number of ketones is 1. The summed E-state index contributed by atoms with van der Waals surface area (Å²) in [5.74, 6) is -5.11. The monoisotopic (exact) mass is 560 g/mol. The molecule has 3 aromatic carbocycles. The van der Waals surface area contributed by atoms with Gasteiger partial charge in [0.05, 0.1) is 21.7 Å². The Bertz CT molecular complexity index is 1370. The van der Waals surface area contributed by atoms with Crippen molar-refractivity contribution in [2.24, 2.45) is 5.92 Å². The van der Waals surface area contributed by atoms with E-state index in [-0.39, 0.29) is 32.5 Å². The average molecular weight is 562 g/mol. The maximum absolute atomic E-state index is 14.1. The zero-order chi connectivity index (χ0) is 25.7. The van der Waals surface area contributed by atoms with E-state index in [1.54, 1.807) is 0 Å². The lowest BCUT2D eigenvalue weighted by molar-refractivity contribution is -0.117. The summed E-state index contributed by atoms with van der Waals surface area (Å²) in [4.78, 5) is 25.7. The van der Waals surface area contributed by atoms with Gasteiger partial charge in [0.1, 0.15) is 21.8 Å². The van der Waals surface area contributed by atoms with Crippen molar-refractivity contribution in [2.45, 2.75) is 16.7 Å². The highest BCUT2D eigenvalue weighted by molar-refractivity contribution is 6.53. The van der Waals surface area contributed by atoms with Gasteiger partial charge in [0, 0.05) is 29.7 Å². The normalized spacial score (nSPS) is 18.3. The number of nitrogens with one attached hydrogen (secondary N) is 1. The van der Waals surface area contributed by atoms with Crippen molar-refractivity contribution < 1.29 is 22.8 Å². The number of anilines is 2. The number of amides is 1. The number of benzene rings is 3. The second-order valence-electron chi connectivity index (χ2n) is 8.05. The van der Waals surface area contributed by atoms with Gasteiger partial charge in [0.2, 0.25) is 5.91 Å². The molecule has 4 rings (SSSR count). The van der Waals surface area contributed by atoms with Gasteiger partial charge in [0.15, 0.2) is 5.78 Å². The molecular weight excluding hydrogens is 547 g/mol. The molecule has 1 aliphatic rings. The Hall–Kier alpha value is -2.45. The lowest BCUT2D eigenvalue weighted by atomic mass is 10.0. The number of rotatable bonds is 6. The molecule has 0 bridgehead atoms. The highest BCUT2D eigenvalue weighted by atomic mass is 35.5. The largest absolute Gasteiger partial charge is 0.396 e. The van der Waals surface area contributed by atoms with Crippen LogP contribution in [0.1, 0.15) is 27.4 Å². The van der Waals surface area contributed by atoms with Crippen molar-refractivity contribution in [3.63, 3.8) is 0 Å². The third-order valence-electron chi connectivity index (χ3n) is 5.69. The Kier molecular flexibility index (Phi) is 6.99. The molecule has 1 aliphatic carbocycles. The highest BCUT2D eigenvalue weighted by Gasteiger charge is 2.67. The predicted molar refractivity (Wildman–Crippen MR) is 131 cm³/mol. The van der Waals surface area contributed by atoms with E-state index in [4.69, 9.17) is 52.1 Å². The summed E-state index contributed by atoms with van der Waals surface area (Å²) in [5.41, 5.74) is 5.78. The molecule has 2 atom stereocenters. The minimum absolute atomic E-state index is 0.00689. The molecule has 0 spiro atoms. The van der Waals surface area contributed by atoms with Crippen LogP contribution in [0.3, 0.4) is 0 Å². The molecule has 1 saturated carbocycles. The lowest BCUT2D eigenvalue weighted by Crippen LogP contribution is -2.17. The van der Waals surface area contributed by atoms with Gasteiger partial charge in [0.25, 0.3) is 0 Å². The van der Waals surface area contributed by atoms with Crippen LogP contribution in [-0.4, -0.2) is 16.0 Å². The Balaban J connectivity index is 1.52.